The number of hydrogen-bond donors (Lipinski definition) is 3. The van der Waals surface area contributed by atoms with Gasteiger partial charge >= 0.3 is 6.03 Å². The van der Waals surface area contributed by atoms with Crippen molar-refractivity contribution < 1.29 is 33.0 Å². The van der Waals surface area contributed by atoms with Gasteiger partial charge in [0.25, 0.3) is 5.91 Å². The maximum Gasteiger partial charge on any atom is 0.323 e. The first-order chi connectivity index (χ1) is 23.6. The van der Waals surface area contributed by atoms with Crippen molar-refractivity contribution >= 4 is 46.1 Å². The summed E-state index contributed by atoms with van der Waals surface area (Å²) >= 11 is 0. The molecule has 0 saturated carbocycles. The van der Waals surface area contributed by atoms with Crippen LogP contribution in [-0.4, -0.2) is 70.8 Å². The molecule has 250 valence electrons. The van der Waals surface area contributed by atoms with Gasteiger partial charge in [0.15, 0.2) is 11.6 Å². The molecule has 0 spiro atoms. The molecule has 0 aliphatic carbocycles. The van der Waals surface area contributed by atoms with E-state index in [2.05, 4.69) is 20.7 Å². The summed E-state index contributed by atoms with van der Waals surface area (Å²) in [6.45, 7) is 5.87. The van der Waals surface area contributed by atoms with Crippen LogP contribution in [0.2, 0.25) is 0 Å². The maximum atomic E-state index is 15.3. The number of hydrogen-bond acceptors (Lipinski definition) is 7. The second kappa shape index (κ2) is 12.6. The number of morpholine rings is 1. The van der Waals surface area contributed by atoms with E-state index in [4.69, 9.17) is 14.2 Å². The molecule has 2 aliphatic heterocycles. The average Bonchev–Trinajstić information content (AvgIpc) is 3.70. The lowest BCUT2D eigenvalue weighted by atomic mass is 10.0. The molecule has 3 N–H and O–H groups in total. The van der Waals surface area contributed by atoms with E-state index in [1.807, 2.05) is 20.9 Å². The number of fused-ring (bicyclic) bond motifs is 2. The topological polar surface area (TPSA) is 140 Å². The van der Waals surface area contributed by atoms with Crippen LogP contribution in [0.1, 0.15) is 37.7 Å². The van der Waals surface area contributed by atoms with Crippen molar-refractivity contribution in [3.8, 4) is 22.8 Å². The smallest absolute Gasteiger partial charge is 0.323 e. The second-order valence-corrected chi connectivity index (χ2v) is 11.8. The number of benzene rings is 3. The van der Waals surface area contributed by atoms with Crippen LogP contribution in [0.25, 0.3) is 28.2 Å². The number of rotatable bonds is 6. The lowest BCUT2D eigenvalue weighted by Gasteiger charge is -2.26. The van der Waals surface area contributed by atoms with Crippen molar-refractivity contribution in [1.29, 1.82) is 0 Å². The molecule has 2 aliphatic rings. The van der Waals surface area contributed by atoms with Crippen molar-refractivity contribution in [3.63, 3.8) is 0 Å². The molecular formula is C36H33FN6O6. The highest BCUT2D eigenvalue weighted by Crippen LogP contribution is 2.40. The third-order valence-electron chi connectivity index (χ3n) is 8.76. The second-order valence-electron chi connectivity index (χ2n) is 11.8. The molecular weight excluding hydrogens is 631 g/mol. The van der Waals surface area contributed by atoms with Gasteiger partial charge in [0.1, 0.15) is 11.5 Å². The highest BCUT2D eigenvalue weighted by atomic mass is 19.1. The molecule has 4 heterocycles. The summed E-state index contributed by atoms with van der Waals surface area (Å²) in [7, 11) is 3.29. The van der Waals surface area contributed by atoms with Gasteiger partial charge in [-0.15, -0.1) is 0 Å². The van der Waals surface area contributed by atoms with Crippen LogP contribution in [0.3, 0.4) is 0 Å². The molecule has 7 rings (SSSR count). The molecule has 0 radical (unpaired) electrons. The molecule has 3 amide bonds. The minimum atomic E-state index is -0.532. The third kappa shape index (κ3) is 5.89. The Balaban J connectivity index is 1.12. The summed E-state index contributed by atoms with van der Waals surface area (Å²) in [6.07, 6.45) is 1.59. The molecule has 0 atom stereocenters. The molecule has 2 aromatic heterocycles. The molecule has 12 nitrogen and oxygen atoms in total. The SMILES string of the molecule is COc1cc(F)c2[nH]c(-c3c(C)nn(C)c3C)c(/C=C3\Oc4ccc(NC(=O)Nc5ccc(C(=O)N6CCOCC6)cc5)cc4C3=O)c2c1. The van der Waals surface area contributed by atoms with Crippen molar-refractivity contribution in [2.75, 3.05) is 44.0 Å². The van der Waals surface area contributed by atoms with Gasteiger partial charge in [-0.3, -0.25) is 14.3 Å². The first-order valence-electron chi connectivity index (χ1n) is 15.6. The van der Waals surface area contributed by atoms with Crippen molar-refractivity contribution in [2.45, 2.75) is 13.8 Å². The molecule has 5 aromatic rings. The van der Waals surface area contributed by atoms with Gasteiger partial charge in [0.05, 0.1) is 42.8 Å². The van der Waals surface area contributed by atoms with Crippen LogP contribution in [0.15, 0.2) is 60.4 Å². The molecule has 13 heteroatoms. The predicted octanol–water partition coefficient (Wildman–Crippen LogP) is 6.07. The predicted molar refractivity (Wildman–Crippen MR) is 182 cm³/mol. The highest BCUT2D eigenvalue weighted by molar-refractivity contribution is 6.16. The number of carbonyl (C=O) groups excluding carboxylic acids is 3. The van der Waals surface area contributed by atoms with Crippen LogP contribution in [0, 0.1) is 19.7 Å². The first-order valence-corrected chi connectivity index (χ1v) is 15.6. The Kier molecular flexibility index (Phi) is 8.12. The largest absolute Gasteiger partial charge is 0.497 e. The fourth-order valence-corrected chi connectivity index (χ4v) is 6.19. The number of Topliss-reactive ketones (excluding diaryl/α,β-unsaturated/α-hetero) is 1. The van der Waals surface area contributed by atoms with Crippen molar-refractivity contribution in [3.05, 3.63) is 94.3 Å². The number of anilines is 2. The fourth-order valence-electron chi connectivity index (χ4n) is 6.19. The number of methoxy groups -OCH3 is 1. The minimum absolute atomic E-state index is 0.0351. The van der Waals surface area contributed by atoms with Gasteiger partial charge in [0, 0.05) is 65.3 Å². The number of nitrogens with zero attached hydrogens (tertiary/aromatic N) is 3. The quantitative estimate of drug-likeness (QED) is 0.187. The normalized spacial score (nSPS) is 15.0. The van der Waals surface area contributed by atoms with Crippen molar-refractivity contribution in [1.82, 2.24) is 19.7 Å². The van der Waals surface area contributed by atoms with E-state index in [1.165, 1.54) is 19.2 Å². The number of nitrogens with one attached hydrogen (secondary N) is 3. The van der Waals surface area contributed by atoms with Gasteiger partial charge in [-0.25, -0.2) is 9.18 Å². The van der Waals surface area contributed by atoms with Gasteiger partial charge in [-0.1, -0.05) is 0 Å². The Hall–Kier alpha value is -5.95. The summed E-state index contributed by atoms with van der Waals surface area (Å²) in [5.41, 5.74) is 5.38. The summed E-state index contributed by atoms with van der Waals surface area (Å²) in [6, 6.07) is 13.9. The number of urea groups is 1. The van der Waals surface area contributed by atoms with Crippen LogP contribution < -0.4 is 20.1 Å². The third-order valence-corrected chi connectivity index (χ3v) is 8.76. The monoisotopic (exact) mass is 664 g/mol. The molecule has 1 fully saturated rings. The number of ether oxygens (including phenoxy) is 3. The van der Waals surface area contributed by atoms with Gasteiger partial charge in [0.2, 0.25) is 5.78 Å². The van der Waals surface area contributed by atoms with Crippen LogP contribution in [-0.2, 0) is 11.8 Å². The number of halogens is 1. The van der Waals surface area contributed by atoms with E-state index < -0.39 is 17.6 Å². The van der Waals surface area contributed by atoms with Gasteiger partial charge in [-0.2, -0.15) is 5.10 Å². The number of aryl methyl sites for hydroxylation is 2. The Morgan fingerprint density at radius 3 is 2.43 bits per heavy atom. The summed E-state index contributed by atoms with van der Waals surface area (Å²) in [4.78, 5) is 44.2. The summed E-state index contributed by atoms with van der Waals surface area (Å²) in [5.74, 6) is -0.318. The van der Waals surface area contributed by atoms with E-state index in [1.54, 1.807) is 58.1 Å². The first kappa shape index (κ1) is 31.6. The number of aromatic amines is 1. The minimum Gasteiger partial charge on any atom is -0.497 e. The fraction of sp³-hybridized carbons (Fsp3) is 0.222. The zero-order valence-electron chi connectivity index (χ0n) is 27.3. The number of carbonyl (C=O) groups is 3. The average molecular weight is 665 g/mol. The van der Waals surface area contributed by atoms with E-state index in [9.17, 15) is 14.4 Å². The Bertz CT molecular complexity index is 2180. The zero-order chi connectivity index (χ0) is 34.4. The number of amides is 3. The van der Waals surface area contributed by atoms with E-state index >= 15 is 4.39 Å². The van der Waals surface area contributed by atoms with Crippen LogP contribution in [0.5, 0.6) is 11.5 Å². The number of ketones is 1. The van der Waals surface area contributed by atoms with Crippen LogP contribution in [0.4, 0.5) is 20.6 Å². The van der Waals surface area contributed by atoms with Crippen LogP contribution >= 0.6 is 0 Å². The maximum absolute atomic E-state index is 15.3. The highest BCUT2D eigenvalue weighted by Gasteiger charge is 2.30. The summed E-state index contributed by atoms with van der Waals surface area (Å²) < 4.78 is 33.6. The van der Waals surface area contributed by atoms with Gasteiger partial charge < -0.3 is 34.7 Å². The Morgan fingerprint density at radius 2 is 1.73 bits per heavy atom. The molecule has 0 unspecified atom stereocenters. The molecule has 0 bridgehead atoms. The Morgan fingerprint density at radius 1 is 1.02 bits per heavy atom. The molecule has 1 saturated heterocycles. The number of aromatic nitrogens is 3. The van der Waals surface area contributed by atoms with E-state index in [0.717, 1.165) is 17.0 Å². The summed E-state index contributed by atoms with van der Waals surface area (Å²) in [5, 5.41) is 10.5. The van der Waals surface area contributed by atoms with E-state index in [-0.39, 0.29) is 22.7 Å². The lowest BCUT2D eigenvalue weighted by Crippen LogP contribution is -2.40. The standard InChI is InChI=1S/C36H33FN6O6/c1-19-31(20(2)42(3)41-19)33-26(25-16-24(47-4)17-28(37)32(25)40-33)18-30-34(44)27-15-23(9-10-29(27)49-30)39-36(46)38-22-7-5-21(6-8-22)35(45)43-11-13-48-14-12-43/h5-10,15-18,40H,11-14H2,1-4H3,(H2,38,39,46)/b30-18-. The lowest BCUT2D eigenvalue weighted by molar-refractivity contribution is 0.0303. The van der Waals surface area contributed by atoms with Crippen molar-refractivity contribution in [2.24, 2.45) is 7.05 Å². The number of H-pyrrole nitrogens is 1. The van der Waals surface area contributed by atoms with Gasteiger partial charge in [-0.05, 0) is 68.5 Å². The molecule has 49 heavy (non-hydrogen) atoms. The van der Waals surface area contributed by atoms with E-state index in [0.29, 0.717) is 71.4 Å². The Labute approximate surface area is 280 Å². The zero-order valence-corrected chi connectivity index (χ0v) is 27.3. The number of allylic oxidation sites excluding steroid dienone is 1. The molecule has 3 aromatic carbocycles.